The maximum absolute atomic E-state index is 11.1. The zero-order valence-corrected chi connectivity index (χ0v) is 7.86. The standard InChI is InChI=1S/C7H17NO2S/c1-10-5-3-7-11(9)6-2-4-8/h2-8H2,1H3. The molecule has 0 aromatic heterocycles. The van der Waals surface area contributed by atoms with E-state index in [0.29, 0.717) is 13.2 Å². The molecular weight excluding hydrogens is 162 g/mol. The largest absolute Gasteiger partial charge is 0.385 e. The van der Waals surface area contributed by atoms with Crippen molar-refractivity contribution < 1.29 is 8.95 Å². The van der Waals surface area contributed by atoms with Gasteiger partial charge in [0.25, 0.3) is 0 Å². The van der Waals surface area contributed by atoms with E-state index in [1.807, 2.05) is 0 Å². The van der Waals surface area contributed by atoms with Crippen molar-refractivity contribution in [2.45, 2.75) is 12.8 Å². The van der Waals surface area contributed by atoms with Crippen LogP contribution in [0.4, 0.5) is 0 Å². The molecule has 0 radical (unpaired) electrons. The summed E-state index contributed by atoms with van der Waals surface area (Å²) in [4.78, 5) is 0. The Labute approximate surface area is 70.8 Å². The molecule has 3 nitrogen and oxygen atoms in total. The van der Waals surface area contributed by atoms with Crippen molar-refractivity contribution in [2.24, 2.45) is 5.73 Å². The van der Waals surface area contributed by atoms with E-state index in [1.54, 1.807) is 7.11 Å². The van der Waals surface area contributed by atoms with Gasteiger partial charge in [0.2, 0.25) is 0 Å². The van der Waals surface area contributed by atoms with Crippen LogP contribution in [0.2, 0.25) is 0 Å². The second-order valence-electron chi connectivity index (χ2n) is 2.34. The van der Waals surface area contributed by atoms with Gasteiger partial charge in [-0.2, -0.15) is 0 Å². The SMILES string of the molecule is COCCCS(=O)CCCN. The van der Waals surface area contributed by atoms with Gasteiger partial charge in [0.05, 0.1) is 0 Å². The molecule has 0 rings (SSSR count). The summed E-state index contributed by atoms with van der Waals surface area (Å²) in [5.74, 6) is 1.48. The minimum absolute atomic E-state index is 0.635. The fourth-order valence-corrected chi connectivity index (χ4v) is 1.84. The monoisotopic (exact) mass is 179 g/mol. The maximum Gasteiger partial charge on any atom is 0.0471 e. The second kappa shape index (κ2) is 8.17. The summed E-state index contributed by atoms with van der Waals surface area (Å²) < 4.78 is 15.9. The van der Waals surface area contributed by atoms with Crippen molar-refractivity contribution in [1.29, 1.82) is 0 Å². The van der Waals surface area contributed by atoms with Crippen LogP contribution in [0.15, 0.2) is 0 Å². The van der Waals surface area contributed by atoms with Crippen molar-refractivity contribution in [2.75, 3.05) is 31.8 Å². The molecule has 11 heavy (non-hydrogen) atoms. The third-order valence-corrected chi connectivity index (χ3v) is 2.78. The Morgan fingerprint density at radius 3 is 2.55 bits per heavy atom. The number of hydrogen-bond donors (Lipinski definition) is 1. The summed E-state index contributed by atoms with van der Waals surface area (Å²) in [5, 5.41) is 0. The summed E-state index contributed by atoms with van der Waals surface area (Å²) in [6.07, 6.45) is 1.74. The lowest BCUT2D eigenvalue weighted by Gasteiger charge is -1.99. The quantitative estimate of drug-likeness (QED) is 0.565. The zero-order valence-electron chi connectivity index (χ0n) is 7.04. The van der Waals surface area contributed by atoms with E-state index in [1.165, 1.54) is 0 Å². The van der Waals surface area contributed by atoms with Crippen molar-refractivity contribution in [3.63, 3.8) is 0 Å². The molecule has 0 spiro atoms. The van der Waals surface area contributed by atoms with E-state index >= 15 is 0 Å². The van der Waals surface area contributed by atoms with Crippen LogP contribution in [0.25, 0.3) is 0 Å². The van der Waals surface area contributed by atoms with Crippen LogP contribution >= 0.6 is 0 Å². The van der Waals surface area contributed by atoms with Crippen molar-refractivity contribution in [3.05, 3.63) is 0 Å². The molecule has 1 atom stereocenters. The Bertz CT molecular complexity index is 109. The van der Waals surface area contributed by atoms with Crippen LogP contribution in [-0.2, 0) is 15.5 Å². The molecule has 0 bridgehead atoms. The number of methoxy groups -OCH3 is 1. The van der Waals surface area contributed by atoms with Crippen molar-refractivity contribution in [1.82, 2.24) is 0 Å². The molecule has 0 aromatic carbocycles. The van der Waals surface area contributed by atoms with Crippen LogP contribution in [-0.4, -0.2) is 36.0 Å². The Balaban J connectivity index is 3.09. The van der Waals surface area contributed by atoms with Gasteiger partial charge in [0, 0.05) is 36.0 Å². The first kappa shape index (κ1) is 11.1. The van der Waals surface area contributed by atoms with Crippen molar-refractivity contribution >= 4 is 10.8 Å². The molecule has 0 fully saturated rings. The van der Waals surface area contributed by atoms with E-state index in [2.05, 4.69) is 0 Å². The molecule has 2 N–H and O–H groups in total. The molecule has 0 aliphatic carbocycles. The van der Waals surface area contributed by atoms with Crippen molar-refractivity contribution in [3.8, 4) is 0 Å². The molecule has 68 valence electrons. The summed E-state index contributed by atoms with van der Waals surface area (Å²) in [7, 11) is 0.974. The molecule has 0 amide bonds. The number of ether oxygens (including phenoxy) is 1. The average molecular weight is 179 g/mol. The Kier molecular flexibility index (Phi) is 8.22. The lowest BCUT2D eigenvalue weighted by Crippen LogP contribution is -2.09. The maximum atomic E-state index is 11.1. The van der Waals surface area contributed by atoms with Crippen LogP contribution in [0.1, 0.15) is 12.8 Å². The highest BCUT2D eigenvalue weighted by molar-refractivity contribution is 7.84. The normalized spacial score (nSPS) is 13.3. The van der Waals surface area contributed by atoms with Gasteiger partial charge in [-0.3, -0.25) is 4.21 Å². The minimum Gasteiger partial charge on any atom is -0.385 e. The van der Waals surface area contributed by atoms with E-state index in [4.69, 9.17) is 10.5 Å². The highest BCUT2D eigenvalue weighted by Crippen LogP contribution is 1.90. The molecule has 0 aromatic rings. The van der Waals surface area contributed by atoms with Gasteiger partial charge in [0.1, 0.15) is 0 Å². The molecule has 1 unspecified atom stereocenters. The Hall–Kier alpha value is 0.0700. The van der Waals surface area contributed by atoms with Gasteiger partial charge < -0.3 is 10.5 Å². The van der Waals surface area contributed by atoms with Gasteiger partial charge >= 0.3 is 0 Å². The van der Waals surface area contributed by atoms with Crippen LogP contribution in [0, 0.1) is 0 Å². The lowest BCUT2D eigenvalue weighted by molar-refractivity contribution is 0.200. The van der Waals surface area contributed by atoms with E-state index in [-0.39, 0.29) is 0 Å². The van der Waals surface area contributed by atoms with Gasteiger partial charge in [-0.05, 0) is 19.4 Å². The molecule has 0 heterocycles. The number of hydrogen-bond acceptors (Lipinski definition) is 3. The summed E-state index contributed by atoms with van der Waals surface area (Å²) in [5.41, 5.74) is 5.27. The first-order chi connectivity index (χ1) is 5.31. The van der Waals surface area contributed by atoms with E-state index < -0.39 is 10.8 Å². The number of rotatable bonds is 7. The van der Waals surface area contributed by atoms with Gasteiger partial charge in [0.15, 0.2) is 0 Å². The summed E-state index contributed by atoms with van der Waals surface area (Å²) >= 11 is 0. The molecule has 0 saturated heterocycles. The highest BCUT2D eigenvalue weighted by atomic mass is 32.2. The second-order valence-corrected chi connectivity index (χ2v) is 4.03. The predicted octanol–water partition coefficient (Wildman–Crippen LogP) is 0.120. The first-order valence-corrected chi connectivity index (χ1v) is 5.34. The third-order valence-electron chi connectivity index (χ3n) is 1.30. The fraction of sp³-hybridized carbons (Fsp3) is 1.00. The average Bonchev–Trinajstić information content (AvgIpc) is 2.01. The van der Waals surface area contributed by atoms with Crippen LogP contribution in [0.3, 0.4) is 0 Å². The summed E-state index contributed by atoms with van der Waals surface area (Å²) in [6.45, 7) is 1.34. The third kappa shape index (κ3) is 7.97. The smallest absolute Gasteiger partial charge is 0.0471 e. The fourth-order valence-electron chi connectivity index (χ4n) is 0.711. The van der Waals surface area contributed by atoms with E-state index in [0.717, 1.165) is 24.3 Å². The molecule has 0 aliphatic rings. The first-order valence-electron chi connectivity index (χ1n) is 3.85. The lowest BCUT2D eigenvalue weighted by atomic mass is 10.5. The zero-order chi connectivity index (χ0) is 8.53. The van der Waals surface area contributed by atoms with E-state index in [9.17, 15) is 4.21 Å². The molecule has 0 aliphatic heterocycles. The number of nitrogens with two attached hydrogens (primary N) is 1. The minimum atomic E-state index is -0.681. The molecule has 4 heteroatoms. The predicted molar refractivity (Wildman–Crippen MR) is 48.0 cm³/mol. The highest BCUT2D eigenvalue weighted by Gasteiger charge is 1.97. The van der Waals surface area contributed by atoms with Gasteiger partial charge in [-0.1, -0.05) is 0 Å². The molecule has 0 saturated carbocycles. The van der Waals surface area contributed by atoms with Gasteiger partial charge in [-0.25, -0.2) is 0 Å². The summed E-state index contributed by atoms with van der Waals surface area (Å²) in [6, 6.07) is 0. The topological polar surface area (TPSA) is 52.3 Å². The Morgan fingerprint density at radius 2 is 2.00 bits per heavy atom. The Morgan fingerprint density at radius 1 is 1.36 bits per heavy atom. The van der Waals surface area contributed by atoms with Crippen LogP contribution in [0.5, 0.6) is 0 Å². The van der Waals surface area contributed by atoms with Gasteiger partial charge in [-0.15, -0.1) is 0 Å². The van der Waals surface area contributed by atoms with Crippen LogP contribution < -0.4 is 5.73 Å². The molecular formula is C7H17NO2S.